The molecule has 5 heteroatoms. The van der Waals surface area contributed by atoms with Crippen LogP contribution in [0.1, 0.15) is 35.5 Å². The molecule has 0 bridgehead atoms. The van der Waals surface area contributed by atoms with Crippen molar-refractivity contribution in [1.29, 1.82) is 0 Å². The first-order valence-corrected chi connectivity index (χ1v) is 5.25. The zero-order chi connectivity index (χ0) is 12.1. The summed E-state index contributed by atoms with van der Waals surface area (Å²) in [6.07, 6.45) is 0.731. The number of hydrogen-bond acceptors (Lipinski definition) is 3. The second kappa shape index (κ2) is 5.46. The number of rotatable bonds is 4. The van der Waals surface area contributed by atoms with Crippen molar-refractivity contribution >= 4 is 5.91 Å². The van der Waals surface area contributed by atoms with Gasteiger partial charge in [-0.1, -0.05) is 6.92 Å². The first-order valence-electron chi connectivity index (χ1n) is 5.25. The van der Waals surface area contributed by atoms with Crippen LogP contribution in [-0.4, -0.2) is 17.5 Å². The van der Waals surface area contributed by atoms with Crippen LogP contribution >= 0.6 is 0 Å². The number of aromatic nitrogens is 1. The second-order valence-corrected chi connectivity index (χ2v) is 3.39. The smallest absolute Gasteiger partial charge is 0.280 e. The van der Waals surface area contributed by atoms with Gasteiger partial charge in [0.1, 0.15) is 5.56 Å². The molecule has 0 saturated heterocycles. The van der Waals surface area contributed by atoms with Crippen LogP contribution in [0.5, 0.6) is 0 Å². The fraction of sp³-hybridized carbons (Fsp3) is 0.455. The number of hydrogen-bond donors (Lipinski definition) is 2. The van der Waals surface area contributed by atoms with Gasteiger partial charge in [-0.2, -0.15) is 0 Å². The number of carbonyl (C=O) groups excluding carboxylic acids is 1. The fourth-order valence-electron chi connectivity index (χ4n) is 1.40. The standard InChI is InChI=1S/C11H16N2O3/c1-4-9-7(3)6-8(10(14)12-9)11(15)13-16-5-2/h6H,4-5H2,1-3H3,(H,12,14)(H,13,15). The van der Waals surface area contributed by atoms with E-state index in [-0.39, 0.29) is 11.1 Å². The lowest BCUT2D eigenvalue weighted by Gasteiger charge is -2.06. The molecule has 1 amide bonds. The predicted molar refractivity (Wildman–Crippen MR) is 60.3 cm³/mol. The van der Waals surface area contributed by atoms with Gasteiger partial charge in [0, 0.05) is 5.69 Å². The molecule has 2 N–H and O–H groups in total. The molecule has 0 unspecified atom stereocenters. The normalized spacial score (nSPS) is 10.2. The van der Waals surface area contributed by atoms with Gasteiger partial charge in [-0.05, 0) is 31.9 Å². The monoisotopic (exact) mass is 224 g/mol. The summed E-state index contributed by atoms with van der Waals surface area (Å²) in [5.41, 5.74) is 3.62. The summed E-state index contributed by atoms with van der Waals surface area (Å²) in [4.78, 5) is 30.5. The SMILES string of the molecule is CCONC(=O)c1cc(C)c(CC)[nH]c1=O. The number of H-pyrrole nitrogens is 1. The number of aryl methyl sites for hydroxylation is 2. The van der Waals surface area contributed by atoms with Crippen LogP contribution in [0, 0.1) is 6.92 Å². The van der Waals surface area contributed by atoms with Gasteiger partial charge in [0.2, 0.25) is 0 Å². The summed E-state index contributed by atoms with van der Waals surface area (Å²) in [6, 6.07) is 1.58. The number of pyridine rings is 1. The van der Waals surface area contributed by atoms with E-state index in [1.807, 2.05) is 13.8 Å². The molecule has 0 radical (unpaired) electrons. The Balaban J connectivity index is 3.02. The lowest BCUT2D eigenvalue weighted by Crippen LogP contribution is -2.30. The van der Waals surface area contributed by atoms with E-state index in [2.05, 4.69) is 10.5 Å². The molecule has 5 nitrogen and oxygen atoms in total. The van der Waals surface area contributed by atoms with Crippen molar-refractivity contribution in [3.05, 3.63) is 33.2 Å². The van der Waals surface area contributed by atoms with Gasteiger partial charge in [0.25, 0.3) is 11.5 Å². The first kappa shape index (κ1) is 12.4. The Hall–Kier alpha value is -1.62. The van der Waals surface area contributed by atoms with Crippen LogP contribution in [0.4, 0.5) is 0 Å². The Bertz CT molecular complexity index is 437. The van der Waals surface area contributed by atoms with E-state index >= 15 is 0 Å². The maximum absolute atomic E-state index is 11.6. The molecular formula is C11H16N2O3. The number of aromatic amines is 1. The van der Waals surface area contributed by atoms with E-state index in [0.717, 1.165) is 17.7 Å². The van der Waals surface area contributed by atoms with Crippen molar-refractivity contribution in [3.63, 3.8) is 0 Å². The van der Waals surface area contributed by atoms with Crippen molar-refractivity contribution in [2.45, 2.75) is 27.2 Å². The zero-order valence-corrected chi connectivity index (χ0v) is 9.72. The van der Waals surface area contributed by atoms with Gasteiger partial charge >= 0.3 is 0 Å². The van der Waals surface area contributed by atoms with E-state index in [1.165, 1.54) is 0 Å². The van der Waals surface area contributed by atoms with Gasteiger partial charge in [0.05, 0.1) is 6.61 Å². The van der Waals surface area contributed by atoms with Gasteiger partial charge in [-0.25, -0.2) is 5.48 Å². The average Bonchev–Trinajstić information content (AvgIpc) is 2.28. The number of carbonyl (C=O) groups is 1. The van der Waals surface area contributed by atoms with Crippen molar-refractivity contribution in [1.82, 2.24) is 10.5 Å². The van der Waals surface area contributed by atoms with Crippen molar-refractivity contribution in [3.8, 4) is 0 Å². The number of amides is 1. The van der Waals surface area contributed by atoms with Gasteiger partial charge < -0.3 is 4.98 Å². The minimum atomic E-state index is -0.520. The molecule has 88 valence electrons. The molecule has 0 aliphatic heterocycles. The molecule has 0 aromatic carbocycles. The largest absolute Gasteiger partial charge is 0.325 e. The maximum atomic E-state index is 11.6. The summed E-state index contributed by atoms with van der Waals surface area (Å²) in [5, 5.41) is 0. The fourth-order valence-corrected chi connectivity index (χ4v) is 1.40. The highest BCUT2D eigenvalue weighted by Crippen LogP contribution is 2.04. The zero-order valence-electron chi connectivity index (χ0n) is 9.72. The lowest BCUT2D eigenvalue weighted by molar-refractivity contribution is 0.0363. The van der Waals surface area contributed by atoms with Crippen LogP contribution in [-0.2, 0) is 11.3 Å². The maximum Gasteiger partial charge on any atom is 0.280 e. The number of hydroxylamine groups is 1. The number of nitrogens with one attached hydrogen (secondary N) is 2. The molecule has 1 aromatic heterocycles. The van der Waals surface area contributed by atoms with Gasteiger partial charge in [-0.3, -0.25) is 14.4 Å². The highest BCUT2D eigenvalue weighted by Gasteiger charge is 2.12. The van der Waals surface area contributed by atoms with E-state index in [0.29, 0.717) is 6.61 Å². The van der Waals surface area contributed by atoms with Crippen molar-refractivity contribution < 1.29 is 9.63 Å². The topological polar surface area (TPSA) is 71.2 Å². The van der Waals surface area contributed by atoms with Crippen LogP contribution in [0.25, 0.3) is 0 Å². The molecule has 0 saturated carbocycles. The minimum Gasteiger partial charge on any atom is -0.325 e. The molecular weight excluding hydrogens is 208 g/mol. The average molecular weight is 224 g/mol. The quantitative estimate of drug-likeness (QED) is 0.747. The minimum absolute atomic E-state index is 0.0724. The van der Waals surface area contributed by atoms with E-state index in [4.69, 9.17) is 4.84 Å². The highest BCUT2D eigenvalue weighted by molar-refractivity contribution is 5.93. The Kier molecular flexibility index (Phi) is 4.25. The van der Waals surface area contributed by atoms with E-state index in [9.17, 15) is 9.59 Å². The van der Waals surface area contributed by atoms with E-state index < -0.39 is 5.91 Å². The molecule has 16 heavy (non-hydrogen) atoms. The van der Waals surface area contributed by atoms with E-state index in [1.54, 1.807) is 13.0 Å². The molecule has 0 spiro atoms. The third kappa shape index (κ3) is 2.70. The van der Waals surface area contributed by atoms with Crippen LogP contribution in [0.2, 0.25) is 0 Å². The molecule has 1 heterocycles. The predicted octanol–water partition coefficient (Wildman–Crippen LogP) is 0.927. The highest BCUT2D eigenvalue weighted by atomic mass is 16.6. The van der Waals surface area contributed by atoms with Crippen molar-refractivity contribution in [2.75, 3.05) is 6.61 Å². The Morgan fingerprint density at radius 3 is 2.75 bits per heavy atom. The summed E-state index contributed by atoms with van der Waals surface area (Å²) in [7, 11) is 0. The molecule has 0 aliphatic carbocycles. The van der Waals surface area contributed by atoms with Gasteiger partial charge in [-0.15, -0.1) is 0 Å². The summed E-state index contributed by atoms with van der Waals surface area (Å²) in [6.45, 7) is 5.90. The Labute approximate surface area is 93.8 Å². The molecule has 1 rings (SSSR count). The third-order valence-electron chi connectivity index (χ3n) is 2.25. The summed E-state index contributed by atoms with van der Waals surface area (Å²) >= 11 is 0. The molecule has 0 atom stereocenters. The van der Waals surface area contributed by atoms with Crippen LogP contribution in [0.15, 0.2) is 10.9 Å². The van der Waals surface area contributed by atoms with Crippen LogP contribution in [0.3, 0.4) is 0 Å². The Morgan fingerprint density at radius 2 is 2.19 bits per heavy atom. The molecule has 0 aliphatic rings. The second-order valence-electron chi connectivity index (χ2n) is 3.39. The Morgan fingerprint density at radius 1 is 1.50 bits per heavy atom. The lowest BCUT2D eigenvalue weighted by atomic mass is 10.1. The third-order valence-corrected chi connectivity index (χ3v) is 2.25. The van der Waals surface area contributed by atoms with Crippen molar-refractivity contribution in [2.24, 2.45) is 0 Å². The first-order chi connectivity index (χ1) is 7.60. The van der Waals surface area contributed by atoms with Gasteiger partial charge in [0.15, 0.2) is 0 Å². The summed E-state index contributed by atoms with van der Waals surface area (Å²) in [5.74, 6) is -0.520. The summed E-state index contributed by atoms with van der Waals surface area (Å²) < 4.78 is 0. The molecule has 1 aromatic rings. The van der Waals surface area contributed by atoms with Crippen LogP contribution < -0.4 is 11.0 Å². The molecule has 0 fully saturated rings.